The second-order valence-corrected chi connectivity index (χ2v) is 5.33. The number of anilines is 1. The molecule has 120 valence electrons. The van der Waals surface area contributed by atoms with Gasteiger partial charge in [0.1, 0.15) is 11.5 Å². The lowest BCUT2D eigenvalue weighted by Crippen LogP contribution is -2.03. The van der Waals surface area contributed by atoms with Crippen molar-refractivity contribution in [2.24, 2.45) is 0 Å². The zero-order chi connectivity index (χ0) is 16.8. The first-order valence-electron chi connectivity index (χ1n) is 7.00. The maximum Gasteiger partial charge on any atom is 0.187 e. The number of carbonyl (C=O) groups excluding carboxylic acids is 1. The van der Waals surface area contributed by atoms with E-state index in [4.69, 9.17) is 21.1 Å². The molecule has 0 aliphatic rings. The molecule has 0 fully saturated rings. The minimum atomic E-state index is -0.0980. The van der Waals surface area contributed by atoms with Crippen molar-refractivity contribution < 1.29 is 14.3 Å². The van der Waals surface area contributed by atoms with E-state index in [0.717, 1.165) is 5.69 Å². The fourth-order valence-electron chi connectivity index (χ4n) is 2.04. The van der Waals surface area contributed by atoms with Crippen molar-refractivity contribution in [3.05, 3.63) is 64.8 Å². The van der Waals surface area contributed by atoms with Gasteiger partial charge < -0.3 is 14.8 Å². The van der Waals surface area contributed by atoms with Gasteiger partial charge in [0.25, 0.3) is 0 Å². The SMILES string of the molecule is COc1ccc(NC(C)=CC(=O)c2ccc(Cl)cc2)c(OC)c1. The molecule has 23 heavy (non-hydrogen) atoms. The van der Waals surface area contributed by atoms with Crippen LogP contribution in [0.1, 0.15) is 17.3 Å². The average Bonchev–Trinajstić information content (AvgIpc) is 2.55. The first-order chi connectivity index (χ1) is 11.0. The van der Waals surface area contributed by atoms with Crippen LogP contribution >= 0.6 is 11.6 Å². The summed E-state index contributed by atoms with van der Waals surface area (Å²) in [5.74, 6) is 1.24. The van der Waals surface area contributed by atoms with Gasteiger partial charge in [-0.2, -0.15) is 0 Å². The summed E-state index contributed by atoms with van der Waals surface area (Å²) in [6.45, 7) is 1.82. The van der Waals surface area contributed by atoms with Crippen LogP contribution < -0.4 is 14.8 Å². The molecular formula is C18H18ClNO3. The van der Waals surface area contributed by atoms with E-state index < -0.39 is 0 Å². The fraction of sp³-hybridized carbons (Fsp3) is 0.167. The predicted molar refractivity (Wildman–Crippen MR) is 92.7 cm³/mol. The first kappa shape index (κ1) is 16.9. The predicted octanol–water partition coefficient (Wildman–Crippen LogP) is 4.56. The number of rotatable bonds is 6. The van der Waals surface area contributed by atoms with Gasteiger partial charge in [-0.05, 0) is 43.3 Å². The van der Waals surface area contributed by atoms with Crippen molar-refractivity contribution in [1.29, 1.82) is 0 Å². The van der Waals surface area contributed by atoms with Gasteiger partial charge in [0.15, 0.2) is 5.78 Å². The molecule has 2 aromatic rings. The molecule has 1 N–H and O–H groups in total. The Balaban J connectivity index is 2.16. The van der Waals surface area contributed by atoms with Gasteiger partial charge in [0, 0.05) is 28.4 Å². The quantitative estimate of drug-likeness (QED) is 0.623. The number of ketones is 1. The number of allylic oxidation sites excluding steroid dienone is 2. The maximum atomic E-state index is 12.2. The second-order valence-electron chi connectivity index (χ2n) is 4.89. The Morgan fingerprint density at radius 3 is 2.39 bits per heavy atom. The van der Waals surface area contributed by atoms with Crippen molar-refractivity contribution in [1.82, 2.24) is 0 Å². The van der Waals surface area contributed by atoms with Crippen LogP contribution in [0.15, 0.2) is 54.2 Å². The smallest absolute Gasteiger partial charge is 0.187 e. The lowest BCUT2D eigenvalue weighted by molar-refractivity contribution is 0.104. The molecule has 5 heteroatoms. The summed E-state index contributed by atoms with van der Waals surface area (Å²) in [5.41, 5.74) is 2.04. The molecule has 0 atom stereocenters. The monoisotopic (exact) mass is 331 g/mol. The molecule has 0 unspecified atom stereocenters. The van der Waals surface area contributed by atoms with Crippen LogP contribution in [0.3, 0.4) is 0 Å². The van der Waals surface area contributed by atoms with Crippen LogP contribution in [0.5, 0.6) is 11.5 Å². The Kier molecular flexibility index (Phi) is 5.66. The van der Waals surface area contributed by atoms with E-state index in [1.807, 2.05) is 19.1 Å². The summed E-state index contributed by atoms with van der Waals surface area (Å²) in [4.78, 5) is 12.2. The number of hydrogen-bond donors (Lipinski definition) is 1. The highest BCUT2D eigenvalue weighted by Crippen LogP contribution is 2.29. The third kappa shape index (κ3) is 4.50. The molecule has 2 rings (SSSR count). The molecule has 0 radical (unpaired) electrons. The standard InChI is InChI=1S/C18H18ClNO3/c1-12(10-17(21)13-4-6-14(19)7-5-13)20-16-9-8-15(22-2)11-18(16)23-3/h4-11,20H,1-3H3. The molecule has 0 saturated heterocycles. The van der Waals surface area contributed by atoms with E-state index in [9.17, 15) is 4.79 Å². The molecular weight excluding hydrogens is 314 g/mol. The van der Waals surface area contributed by atoms with Gasteiger partial charge in [-0.25, -0.2) is 0 Å². The summed E-state index contributed by atoms with van der Waals surface area (Å²) in [5, 5.41) is 3.76. The Hall–Kier alpha value is -2.46. The van der Waals surface area contributed by atoms with E-state index in [-0.39, 0.29) is 5.78 Å². The molecule has 0 aliphatic carbocycles. The number of benzene rings is 2. The van der Waals surface area contributed by atoms with Crippen molar-refractivity contribution >= 4 is 23.1 Å². The largest absolute Gasteiger partial charge is 0.497 e. The summed E-state index contributed by atoms with van der Waals surface area (Å²) < 4.78 is 10.5. The number of nitrogens with one attached hydrogen (secondary N) is 1. The summed E-state index contributed by atoms with van der Waals surface area (Å²) in [6, 6.07) is 12.2. The van der Waals surface area contributed by atoms with Crippen LogP contribution in [-0.4, -0.2) is 20.0 Å². The third-order valence-electron chi connectivity index (χ3n) is 3.22. The summed E-state index contributed by atoms with van der Waals surface area (Å²) >= 11 is 5.82. The summed E-state index contributed by atoms with van der Waals surface area (Å²) in [7, 11) is 3.18. The lowest BCUT2D eigenvalue weighted by atomic mass is 10.1. The second kappa shape index (κ2) is 7.70. The van der Waals surface area contributed by atoms with Crippen LogP contribution in [0.4, 0.5) is 5.69 Å². The van der Waals surface area contributed by atoms with Gasteiger partial charge in [0.2, 0.25) is 0 Å². The molecule has 4 nitrogen and oxygen atoms in total. The molecule has 2 aromatic carbocycles. The van der Waals surface area contributed by atoms with E-state index >= 15 is 0 Å². The highest BCUT2D eigenvalue weighted by atomic mass is 35.5. The fourth-order valence-corrected chi connectivity index (χ4v) is 2.17. The van der Waals surface area contributed by atoms with Crippen LogP contribution in [0.2, 0.25) is 5.02 Å². The van der Waals surface area contributed by atoms with Crippen LogP contribution in [0, 0.1) is 0 Å². The van der Waals surface area contributed by atoms with E-state index in [1.165, 1.54) is 6.08 Å². The lowest BCUT2D eigenvalue weighted by Gasteiger charge is -2.12. The summed E-state index contributed by atoms with van der Waals surface area (Å²) in [6.07, 6.45) is 1.53. The zero-order valence-corrected chi connectivity index (χ0v) is 14.0. The molecule has 0 saturated carbocycles. The number of methoxy groups -OCH3 is 2. The first-order valence-corrected chi connectivity index (χ1v) is 7.38. The third-order valence-corrected chi connectivity index (χ3v) is 3.47. The number of ether oxygens (including phenoxy) is 2. The van der Waals surface area contributed by atoms with Crippen molar-refractivity contribution in [2.75, 3.05) is 19.5 Å². The van der Waals surface area contributed by atoms with Crippen molar-refractivity contribution in [3.8, 4) is 11.5 Å². The Morgan fingerprint density at radius 2 is 1.78 bits per heavy atom. The highest BCUT2D eigenvalue weighted by molar-refractivity contribution is 6.30. The molecule has 0 heterocycles. The van der Waals surface area contributed by atoms with Crippen LogP contribution in [0.25, 0.3) is 0 Å². The molecule has 0 amide bonds. The number of hydrogen-bond acceptors (Lipinski definition) is 4. The van der Waals surface area contributed by atoms with Gasteiger partial charge in [-0.15, -0.1) is 0 Å². The van der Waals surface area contributed by atoms with Crippen molar-refractivity contribution in [2.45, 2.75) is 6.92 Å². The molecule has 0 aromatic heterocycles. The van der Waals surface area contributed by atoms with Crippen molar-refractivity contribution in [3.63, 3.8) is 0 Å². The number of halogens is 1. The normalized spacial score (nSPS) is 11.0. The van der Waals surface area contributed by atoms with Gasteiger partial charge >= 0.3 is 0 Å². The van der Waals surface area contributed by atoms with Gasteiger partial charge in [-0.3, -0.25) is 4.79 Å². The minimum absolute atomic E-state index is 0.0980. The molecule has 0 spiro atoms. The highest BCUT2D eigenvalue weighted by Gasteiger charge is 2.07. The minimum Gasteiger partial charge on any atom is -0.497 e. The van der Waals surface area contributed by atoms with Crippen LogP contribution in [-0.2, 0) is 0 Å². The van der Waals surface area contributed by atoms with E-state index in [2.05, 4.69) is 5.32 Å². The topological polar surface area (TPSA) is 47.6 Å². The van der Waals surface area contributed by atoms with Gasteiger partial charge in [-0.1, -0.05) is 11.6 Å². The zero-order valence-electron chi connectivity index (χ0n) is 13.2. The Morgan fingerprint density at radius 1 is 1.09 bits per heavy atom. The molecule has 0 bridgehead atoms. The van der Waals surface area contributed by atoms with Gasteiger partial charge in [0.05, 0.1) is 19.9 Å². The number of carbonyl (C=O) groups is 1. The van der Waals surface area contributed by atoms with E-state index in [0.29, 0.717) is 27.8 Å². The Bertz CT molecular complexity index is 724. The molecule has 0 aliphatic heterocycles. The average molecular weight is 332 g/mol. The maximum absolute atomic E-state index is 12.2. The Labute approximate surface area is 140 Å². The van der Waals surface area contributed by atoms with E-state index in [1.54, 1.807) is 44.6 Å².